The molecule has 12 aromatic carbocycles. The number of rotatable bonds is 16. The maximum atomic E-state index is 9.83. The van der Waals surface area contributed by atoms with Gasteiger partial charge in [-0.15, -0.1) is 0 Å². The van der Waals surface area contributed by atoms with E-state index < -0.39 is 5.41 Å². The molecular weight excluding hydrogens is 965 g/mol. The highest BCUT2D eigenvalue weighted by Crippen LogP contribution is 2.58. The van der Waals surface area contributed by atoms with Gasteiger partial charge in [-0.1, -0.05) is 206 Å². The number of benzene rings is 12. The normalized spacial score (nSPS) is 12.3. The van der Waals surface area contributed by atoms with Crippen LogP contribution in [0.15, 0.2) is 267 Å². The Labute approximate surface area is 462 Å². The zero-order chi connectivity index (χ0) is 53.1. The van der Waals surface area contributed by atoms with Crippen LogP contribution in [0.3, 0.4) is 0 Å². The van der Waals surface area contributed by atoms with Crippen molar-refractivity contribution in [1.82, 2.24) is 0 Å². The predicted octanol–water partition coefficient (Wildman–Crippen LogP) is 16.9. The Morgan fingerprint density at radius 3 is 1.10 bits per heavy atom. The van der Waals surface area contributed by atoms with Crippen molar-refractivity contribution < 1.29 is 19.7 Å². The van der Waals surface area contributed by atoms with Crippen LogP contribution in [0, 0.1) is 0 Å². The highest BCUT2D eigenvalue weighted by atomic mass is 16.5. The topological polar surface area (TPSA) is 58.9 Å². The van der Waals surface area contributed by atoms with Gasteiger partial charge in [0.15, 0.2) is 0 Å². The Morgan fingerprint density at radius 2 is 0.658 bits per heavy atom. The Morgan fingerprint density at radius 1 is 0.291 bits per heavy atom. The summed E-state index contributed by atoms with van der Waals surface area (Å²) in [5.74, 6) is 1.54. The van der Waals surface area contributed by atoms with Gasteiger partial charge in [0, 0.05) is 12.8 Å². The molecule has 0 aromatic heterocycles. The molecule has 1 aliphatic rings. The van der Waals surface area contributed by atoms with Crippen LogP contribution in [0.5, 0.6) is 11.5 Å². The van der Waals surface area contributed by atoms with Gasteiger partial charge in [-0.2, -0.15) is 0 Å². The Bertz CT molecular complexity index is 3910. The van der Waals surface area contributed by atoms with Gasteiger partial charge >= 0.3 is 0 Å². The van der Waals surface area contributed by atoms with E-state index in [-0.39, 0.29) is 26.4 Å². The SMILES string of the molecule is OCCOc1ccc(-c2cccc(C3(c4cccc(-c5ccc(OCCO)c(Cc6ccccc6)c5)c4)c4cc(-c5ccc6ccccc6c5)ccc4-c4ccc(-c5ccc6ccccc6c5)cc43)c2)cc1Cc1ccccc1. The summed E-state index contributed by atoms with van der Waals surface area (Å²) in [6.07, 6.45) is 1.37. The van der Waals surface area contributed by atoms with E-state index in [2.05, 4.69) is 255 Å². The molecule has 4 nitrogen and oxygen atoms in total. The number of hydrogen-bond donors (Lipinski definition) is 2. The Balaban J connectivity index is 1.06. The molecule has 0 fully saturated rings. The third-order valence-corrected chi connectivity index (χ3v) is 15.9. The molecule has 0 atom stereocenters. The fourth-order valence-electron chi connectivity index (χ4n) is 12.1. The fraction of sp³-hybridized carbons (Fsp3) is 0.0933. The van der Waals surface area contributed by atoms with Crippen molar-refractivity contribution in [2.75, 3.05) is 26.4 Å². The van der Waals surface area contributed by atoms with Crippen LogP contribution in [-0.4, -0.2) is 36.6 Å². The van der Waals surface area contributed by atoms with Crippen LogP contribution >= 0.6 is 0 Å². The molecule has 0 spiro atoms. The molecule has 0 unspecified atom stereocenters. The van der Waals surface area contributed by atoms with Crippen LogP contribution in [0.4, 0.5) is 0 Å². The van der Waals surface area contributed by atoms with Crippen molar-refractivity contribution in [3.63, 3.8) is 0 Å². The highest BCUT2D eigenvalue weighted by Gasteiger charge is 2.47. The number of hydrogen-bond acceptors (Lipinski definition) is 4. The Kier molecular flexibility index (Phi) is 13.5. The second kappa shape index (κ2) is 21.6. The maximum absolute atomic E-state index is 9.83. The van der Waals surface area contributed by atoms with Gasteiger partial charge < -0.3 is 19.7 Å². The van der Waals surface area contributed by atoms with Crippen LogP contribution < -0.4 is 9.47 Å². The number of aliphatic hydroxyl groups is 2. The number of aliphatic hydroxyl groups excluding tert-OH is 2. The minimum absolute atomic E-state index is 0.0643. The predicted molar refractivity (Wildman–Crippen MR) is 324 cm³/mol. The van der Waals surface area contributed by atoms with Gasteiger partial charge in [-0.25, -0.2) is 0 Å². The van der Waals surface area contributed by atoms with Gasteiger partial charge in [0.2, 0.25) is 0 Å². The summed E-state index contributed by atoms with van der Waals surface area (Å²) in [5, 5.41) is 24.5. The van der Waals surface area contributed by atoms with E-state index in [4.69, 9.17) is 9.47 Å². The third kappa shape index (κ3) is 9.56. The highest BCUT2D eigenvalue weighted by molar-refractivity contribution is 5.94. The van der Waals surface area contributed by atoms with Crippen LogP contribution in [0.25, 0.3) is 77.2 Å². The molecule has 0 radical (unpaired) electrons. The standard InChI is InChI=1S/C75H58O4/c76-37-39-78-73-35-31-61(45-65(73)41-51-13-3-1-4-14-51)57-21-11-23-67(47-57)75(68-24-12-22-58(48-68)62-32-36-74(79-40-38-77)66(46-62)42-52-15-5-2-6-16-52)71-49-63(59-27-25-53-17-7-9-19-55(53)43-59)29-33-69(71)70-34-30-64(50-72(70)75)60-28-26-54-18-8-10-20-56(54)44-60/h1-36,43-50,76-77H,37-42H2. The zero-order valence-corrected chi connectivity index (χ0v) is 43.9. The molecule has 13 rings (SSSR count). The number of fused-ring (bicyclic) bond motifs is 5. The average Bonchev–Trinajstić information content (AvgIpc) is 2.71. The number of ether oxygens (including phenoxy) is 2. The molecule has 0 aliphatic heterocycles. The first-order chi connectivity index (χ1) is 39.0. The molecule has 1 aliphatic carbocycles. The first-order valence-corrected chi connectivity index (χ1v) is 27.3. The molecule has 0 heterocycles. The van der Waals surface area contributed by atoms with E-state index in [0.717, 1.165) is 78.3 Å². The lowest BCUT2D eigenvalue weighted by Crippen LogP contribution is -2.29. The molecule has 0 bridgehead atoms. The van der Waals surface area contributed by atoms with Gasteiger partial charge in [0.05, 0.1) is 18.6 Å². The lowest BCUT2D eigenvalue weighted by molar-refractivity contribution is 0.200. The molecule has 2 N–H and O–H groups in total. The second-order valence-electron chi connectivity index (χ2n) is 20.7. The van der Waals surface area contributed by atoms with Crippen LogP contribution in [0.1, 0.15) is 44.5 Å². The largest absolute Gasteiger partial charge is 0.491 e. The second-order valence-corrected chi connectivity index (χ2v) is 20.7. The van der Waals surface area contributed by atoms with E-state index in [0.29, 0.717) is 12.8 Å². The third-order valence-electron chi connectivity index (χ3n) is 15.9. The summed E-state index contributed by atoms with van der Waals surface area (Å²) in [6.45, 7) is 0.307. The Hall–Kier alpha value is -9.32. The summed E-state index contributed by atoms with van der Waals surface area (Å²) in [7, 11) is 0. The molecule has 79 heavy (non-hydrogen) atoms. The van der Waals surface area contributed by atoms with Crippen LogP contribution in [0.2, 0.25) is 0 Å². The molecule has 0 amide bonds. The summed E-state index contributed by atoms with van der Waals surface area (Å²) in [4.78, 5) is 0. The molecule has 0 saturated heterocycles. The minimum Gasteiger partial charge on any atom is -0.491 e. The molecular formula is C75H58O4. The summed E-state index contributed by atoms with van der Waals surface area (Å²) in [5.41, 5.74) is 19.8. The lowest BCUT2D eigenvalue weighted by atomic mass is 9.66. The molecule has 382 valence electrons. The molecule has 4 heteroatoms. The summed E-state index contributed by atoms with van der Waals surface area (Å²) < 4.78 is 12.4. The van der Waals surface area contributed by atoms with E-state index in [1.165, 1.54) is 54.9 Å². The van der Waals surface area contributed by atoms with Crippen molar-refractivity contribution in [3.8, 4) is 67.1 Å². The van der Waals surface area contributed by atoms with Crippen molar-refractivity contribution in [3.05, 3.63) is 311 Å². The first kappa shape index (κ1) is 49.3. The van der Waals surface area contributed by atoms with Crippen molar-refractivity contribution >= 4 is 21.5 Å². The molecule has 12 aromatic rings. The van der Waals surface area contributed by atoms with E-state index in [1.807, 2.05) is 12.1 Å². The smallest absolute Gasteiger partial charge is 0.122 e. The first-order valence-electron chi connectivity index (χ1n) is 27.3. The van der Waals surface area contributed by atoms with Crippen molar-refractivity contribution in [2.45, 2.75) is 18.3 Å². The van der Waals surface area contributed by atoms with Crippen LogP contribution in [-0.2, 0) is 18.3 Å². The fourth-order valence-corrected chi connectivity index (χ4v) is 12.1. The van der Waals surface area contributed by atoms with Gasteiger partial charge in [-0.3, -0.25) is 0 Å². The summed E-state index contributed by atoms with van der Waals surface area (Å²) >= 11 is 0. The van der Waals surface area contributed by atoms with Gasteiger partial charge in [0.25, 0.3) is 0 Å². The monoisotopic (exact) mass is 1020 g/mol. The average molecular weight is 1020 g/mol. The van der Waals surface area contributed by atoms with Gasteiger partial charge in [0.1, 0.15) is 24.7 Å². The van der Waals surface area contributed by atoms with Crippen molar-refractivity contribution in [2.24, 2.45) is 0 Å². The zero-order valence-electron chi connectivity index (χ0n) is 43.9. The van der Waals surface area contributed by atoms with E-state index in [9.17, 15) is 10.2 Å². The summed E-state index contributed by atoms with van der Waals surface area (Å²) in [6, 6.07) is 97.4. The van der Waals surface area contributed by atoms with E-state index >= 15 is 0 Å². The van der Waals surface area contributed by atoms with Gasteiger partial charge in [-0.05, 0) is 182 Å². The van der Waals surface area contributed by atoms with Crippen molar-refractivity contribution in [1.29, 1.82) is 0 Å². The lowest BCUT2D eigenvalue weighted by Gasteiger charge is -2.35. The minimum atomic E-state index is -0.815. The maximum Gasteiger partial charge on any atom is 0.122 e. The quantitative estimate of drug-likeness (QED) is 0.101. The molecule has 0 saturated carbocycles. The van der Waals surface area contributed by atoms with E-state index in [1.54, 1.807) is 0 Å².